The molecular formula is C12H23N3O2. The Morgan fingerprint density at radius 1 is 1.41 bits per heavy atom. The Morgan fingerprint density at radius 3 is 2.59 bits per heavy atom. The molecule has 98 valence electrons. The highest BCUT2D eigenvalue weighted by atomic mass is 16.2. The Hall–Kier alpha value is -1.10. The number of rotatable bonds is 5. The predicted octanol–water partition coefficient (Wildman–Crippen LogP) is 0.0652. The van der Waals surface area contributed by atoms with E-state index in [0.29, 0.717) is 19.6 Å². The Balaban J connectivity index is 2.55. The summed E-state index contributed by atoms with van der Waals surface area (Å²) in [6, 6.07) is -0.117. The molecule has 1 unspecified atom stereocenters. The normalized spacial score (nSPS) is 20.5. The minimum absolute atomic E-state index is 0.0418. The summed E-state index contributed by atoms with van der Waals surface area (Å²) < 4.78 is 0. The molecule has 1 rings (SSSR count). The lowest BCUT2D eigenvalue weighted by atomic mass is 10.1. The highest BCUT2D eigenvalue weighted by Crippen LogP contribution is 2.05. The van der Waals surface area contributed by atoms with Gasteiger partial charge in [0.05, 0.1) is 12.6 Å². The molecule has 1 atom stereocenters. The number of hydrogen-bond donors (Lipinski definition) is 1. The van der Waals surface area contributed by atoms with E-state index in [1.165, 1.54) is 0 Å². The van der Waals surface area contributed by atoms with Gasteiger partial charge in [0.15, 0.2) is 0 Å². The molecule has 5 nitrogen and oxygen atoms in total. The van der Waals surface area contributed by atoms with Crippen molar-refractivity contribution in [1.29, 1.82) is 0 Å². The molecule has 0 aliphatic carbocycles. The number of piperazine rings is 1. The van der Waals surface area contributed by atoms with Crippen LogP contribution in [0.25, 0.3) is 0 Å². The number of nitrogens with zero attached hydrogens (tertiary/aromatic N) is 2. The molecule has 1 aliphatic heterocycles. The minimum atomic E-state index is -0.117. The van der Waals surface area contributed by atoms with Gasteiger partial charge in [0, 0.05) is 26.2 Å². The lowest BCUT2D eigenvalue weighted by Gasteiger charge is -2.33. The van der Waals surface area contributed by atoms with Crippen LogP contribution in [-0.2, 0) is 9.59 Å². The van der Waals surface area contributed by atoms with E-state index in [1.807, 2.05) is 20.8 Å². The van der Waals surface area contributed by atoms with Gasteiger partial charge in [-0.15, -0.1) is 0 Å². The van der Waals surface area contributed by atoms with Gasteiger partial charge in [0.25, 0.3) is 0 Å². The van der Waals surface area contributed by atoms with Crippen molar-refractivity contribution in [2.75, 3.05) is 32.7 Å². The average Bonchev–Trinajstić information content (AvgIpc) is 2.33. The van der Waals surface area contributed by atoms with Crippen molar-refractivity contribution in [2.24, 2.45) is 0 Å². The molecule has 0 spiro atoms. The first-order valence-corrected chi connectivity index (χ1v) is 6.43. The quantitative estimate of drug-likeness (QED) is 0.741. The van der Waals surface area contributed by atoms with Crippen molar-refractivity contribution >= 4 is 11.8 Å². The third kappa shape index (κ3) is 3.43. The third-order valence-electron chi connectivity index (χ3n) is 3.23. The topological polar surface area (TPSA) is 52.7 Å². The van der Waals surface area contributed by atoms with E-state index in [9.17, 15) is 9.59 Å². The van der Waals surface area contributed by atoms with Gasteiger partial charge < -0.3 is 15.1 Å². The SMILES string of the molecule is CCC1NCCN(CC(=O)N(CC)CC)C1=O. The first-order chi connectivity index (χ1) is 8.13. The average molecular weight is 241 g/mol. The summed E-state index contributed by atoms with van der Waals surface area (Å²) in [5.41, 5.74) is 0. The summed E-state index contributed by atoms with van der Waals surface area (Å²) >= 11 is 0. The maximum atomic E-state index is 12.0. The lowest BCUT2D eigenvalue weighted by Crippen LogP contribution is -2.57. The zero-order chi connectivity index (χ0) is 12.8. The Labute approximate surface area is 103 Å². The Kier molecular flexibility index (Phi) is 5.41. The van der Waals surface area contributed by atoms with Crippen molar-refractivity contribution < 1.29 is 9.59 Å². The van der Waals surface area contributed by atoms with Crippen molar-refractivity contribution in [1.82, 2.24) is 15.1 Å². The van der Waals surface area contributed by atoms with Crippen LogP contribution in [0.2, 0.25) is 0 Å². The molecule has 0 aromatic heterocycles. The molecule has 1 aliphatic rings. The van der Waals surface area contributed by atoms with Crippen LogP contribution < -0.4 is 5.32 Å². The molecule has 1 fully saturated rings. The molecule has 1 saturated heterocycles. The number of likely N-dealkylation sites (N-methyl/N-ethyl adjacent to an activating group) is 1. The van der Waals surface area contributed by atoms with Crippen molar-refractivity contribution in [2.45, 2.75) is 33.2 Å². The summed E-state index contributed by atoms with van der Waals surface area (Å²) in [5.74, 6) is 0.0966. The second kappa shape index (κ2) is 6.59. The summed E-state index contributed by atoms with van der Waals surface area (Å²) in [5, 5.41) is 3.16. The minimum Gasteiger partial charge on any atom is -0.342 e. The summed E-state index contributed by atoms with van der Waals surface area (Å²) in [7, 11) is 0. The first kappa shape index (κ1) is 14.0. The van der Waals surface area contributed by atoms with Gasteiger partial charge >= 0.3 is 0 Å². The van der Waals surface area contributed by atoms with E-state index >= 15 is 0 Å². The second-order valence-corrected chi connectivity index (χ2v) is 4.24. The summed E-state index contributed by atoms with van der Waals surface area (Å²) in [6.45, 7) is 8.91. The van der Waals surface area contributed by atoms with Crippen molar-refractivity contribution in [3.05, 3.63) is 0 Å². The number of amides is 2. The van der Waals surface area contributed by atoms with E-state index in [4.69, 9.17) is 0 Å². The molecule has 0 aromatic rings. The van der Waals surface area contributed by atoms with Crippen LogP contribution >= 0.6 is 0 Å². The molecule has 0 aromatic carbocycles. The van der Waals surface area contributed by atoms with E-state index in [1.54, 1.807) is 9.80 Å². The number of carbonyl (C=O) groups excluding carboxylic acids is 2. The van der Waals surface area contributed by atoms with Gasteiger partial charge in [-0.1, -0.05) is 6.92 Å². The highest BCUT2D eigenvalue weighted by molar-refractivity contribution is 5.88. The molecule has 1 heterocycles. The van der Waals surface area contributed by atoms with Crippen molar-refractivity contribution in [3.8, 4) is 0 Å². The monoisotopic (exact) mass is 241 g/mol. The first-order valence-electron chi connectivity index (χ1n) is 6.43. The van der Waals surface area contributed by atoms with E-state index in [2.05, 4.69) is 5.32 Å². The van der Waals surface area contributed by atoms with Crippen LogP contribution in [0.5, 0.6) is 0 Å². The number of nitrogens with one attached hydrogen (secondary N) is 1. The summed E-state index contributed by atoms with van der Waals surface area (Å²) in [4.78, 5) is 27.3. The maximum absolute atomic E-state index is 12.0. The van der Waals surface area contributed by atoms with E-state index in [-0.39, 0.29) is 24.4 Å². The van der Waals surface area contributed by atoms with Crippen LogP contribution in [0, 0.1) is 0 Å². The molecule has 2 amide bonds. The van der Waals surface area contributed by atoms with Crippen LogP contribution in [0.3, 0.4) is 0 Å². The third-order valence-corrected chi connectivity index (χ3v) is 3.23. The molecule has 0 radical (unpaired) electrons. The van der Waals surface area contributed by atoms with E-state index < -0.39 is 0 Å². The highest BCUT2D eigenvalue weighted by Gasteiger charge is 2.28. The van der Waals surface area contributed by atoms with Crippen molar-refractivity contribution in [3.63, 3.8) is 0 Å². The van der Waals surface area contributed by atoms with Crippen LogP contribution in [0.15, 0.2) is 0 Å². The Bertz CT molecular complexity index is 277. The van der Waals surface area contributed by atoms with Crippen LogP contribution in [0.4, 0.5) is 0 Å². The van der Waals surface area contributed by atoms with Gasteiger partial charge in [-0.25, -0.2) is 0 Å². The fraction of sp³-hybridized carbons (Fsp3) is 0.833. The number of hydrogen-bond acceptors (Lipinski definition) is 3. The molecule has 1 N–H and O–H groups in total. The lowest BCUT2D eigenvalue weighted by molar-refractivity contribution is -0.143. The largest absolute Gasteiger partial charge is 0.342 e. The molecular weight excluding hydrogens is 218 g/mol. The summed E-state index contributed by atoms with van der Waals surface area (Å²) in [6.07, 6.45) is 0.773. The zero-order valence-corrected chi connectivity index (χ0v) is 11.0. The van der Waals surface area contributed by atoms with Crippen LogP contribution in [0.1, 0.15) is 27.2 Å². The van der Waals surface area contributed by atoms with E-state index in [0.717, 1.165) is 13.0 Å². The second-order valence-electron chi connectivity index (χ2n) is 4.24. The molecule has 5 heteroatoms. The fourth-order valence-electron chi connectivity index (χ4n) is 2.11. The molecule has 0 bridgehead atoms. The van der Waals surface area contributed by atoms with Gasteiger partial charge in [0.1, 0.15) is 0 Å². The standard InChI is InChI=1S/C12H23N3O2/c1-4-10-12(17)15(8-7-13-10)9-11(16)14(5-2)6-3/h10,13H,4-9H2,1-3H3. The Morgan fingerprint density at radius 2 is 2.06 bits per heavy atom. The predicted molar refractivity (Wildman–Crippen MR) is 66.6 cm³/mol. The molecule has 17 heavy (non-hydrogen) atoms. The van der Waals surface area contributed by atoms with Gasteiger partial charge in [-0.2, -0.15) is 0 Å². The molecule has 0 saturated carbocycles. The van der Waals surface area contributed by atoms with Crippen LogP contribution in [-0.4, -0.2) is 60.4 Å². The zero-order valence-electron chi connectivity index (χ0n) is 11.0. The fourth-order valence-corrected chi connectivity index (χ4v) is 2.11. The number of carbonyl (C=O) groups is 2. The van der Waals surface area contributed by atoms with Gasteiger partial charge in [-0.05, 0) is 20.3 Å². The van der Waals surface area contributed by atoms with Gasteiger partial charge in [0.2, 0.25) is 11.8 Å². The smallest absolute Gasteiger partial charge is 0.242 e. The van der Waals surface area contributed by atoms with Gasteiger partial charge in [-0.3, -0.25) is 9.59 Å². The maximum Gasteiger partial charge on any atom is 0.242 e.